The SMILES string of the molecule is CN(C)C(CNC(=O)C12CC3CC(CC(C3)C1)C2)c1ccc2c(c1)CCO2. The monoisotopic (exact) mass is 368 g/mol. The molecule has 4 aliphatic carbocycles. The second-order valence-corrected chi connectivity index (χ2v) is 9.85. The van der Waals surface area contributed by atoms with Crippen LogP contribution in [0.3, 0.4) is 0 Å². The van der Waals surface area contributed by atoms with Gasteiger partial charge in [-0.1, -0.05) is 12.1 Å². The summed E-state index contributed by atoms with van der Waals surface area (Å²) in [6.07, 6.45) is 8.52. The van der Waals surface area contributed by atoms with Gasteiger partial charge in [0.15, 0.2) is 0 Å². The Kier molecular flexibility index (Phi) is 4.23. The van der Waals surface area contributed by atoms with Crippen LogP contribution < -0.4 is 10.1 Å². The van der Waals surface area contributed by atoms with Gasteiger partial charge in [-0.2, -0.15) is 0 Å². The summed E-state index contributed by atoms with van der Waals surface area (Å²) in [5, 5.41) is 3.38. The van der Waals surface area contributed by atoms with Gasteiger partial charge in [-0.3, -0.25) is 4.79 Å². The van der Waals surface area contributed by atoms with Gasteiger partial charge in [0.2, 0.25) is 5.91 Å². The van der Waals surface area contributed by atoms with Gasteiger partial charge in [0.05, 0.1) is 12.6 Å². The van der Waals surface area contributed by atoms with Crippen molar-refractivity contribution in [2.24, 2.45) is 23.2 Å². The Labute approximate surface area is 162 Å². The lowest BCUT2D eigenvalue weighted by Gasteiger charge is -2.55. The number of benzene rings is 1. The first-order valence-electron chi connectivity index (χ1n) is 10.7. The van der Waals surface area contributed by atoms with Crippen molar-refractivity contribution in [3.8, 4) is 5.75 Å². The van der Waals surface area contributed by atoms with Gasteiger partial charge in [-0.05, 0) is 87.6 Å². The fraction of sp³-hybridized carbons (Fsp3) is 0.696. The van der Waals surface area contributed by atoms with Crippen molar-refractivity contribution in [2.45, 2.75) is 51.0 Å². The Bertz CT molecular complexity index is 707. The van der Waals surface area contributed by atoms with Gasteiger partial charge in [0, 0.05) is 18.4 Å². The maximum atomic E-state index is 13.3. The third-order valence-electron chi connectivity index (χ3n) is 7.70. The van der Waals surface area contributed by atoms with Crippen molar-refractivity contribution in [1.29, 1.82) is 0 Å². The Morgan fingerprint density at radius 3 is 2.48 bits per heavy atom. The van der Waals surface area contributed by atoms with Crippen LogP contribution in [-0.2, 0) is 11.2 Å². The topological polar surface area (TPSA) is 41.6 Å². The van der Waals surface area contributed by atoms with Gasteiger partial charge >= 0.3 is 0 Å². The van der Waals surface area contributed by atoms with E-state index in [4.69, 9.17) is 4.74 Å². The number of likely N-dealkylation sites (N-methyl/N-ethyl adjacent to an activating group) is 1. The molecular formula is C23H32N2O2. The molecule has 1 unspecified atom stereocenters. The van der Waals surface area contributed by atoms with Crippen LogP contribution in [0.15, 0.2) is 18.2 Å². The highest BCUT2D eigenvalue weighted by Crippen LogP contribution is 2.60. The molecule has 1 N–H and O–H groups in total. The molecule has 1 heterocycles. The van der Waals surface area contributed by atoms with Crippen molar-refractivity contribution >= 4 is 5.91 Å². The second kappa shape index (κ2) is 6.51. The molecule has 4 saturated carbocycles. The quantitative estimate of drug-likeness (QED) is 0.864. The molecule has 1 atom stereocenters. The van der Waals surface area contributed by atoms with Crippen LogP contribution in [0.25, 0.3) is 0 Å². The van der Waals surface area contributed by atoms with Gasteiger partial charge in [0.25, 0.3) is 0 Å². The van der Waals surface area contributed by atoms with Crippen molar-refractivity contribution in [1.82, 2.24) is 10.2 Å². The van der Waals surface area contributed by atoms with Crippen LogP contribution in [0.1, 0.15) is 55.7 Å². The zero-order valence-corrected chi connectivity index (χ0v) is 16.7. The molecule has 1 aromatic carbocycles. The number of rotatable bonds is 5. The van der Waals surface area contributed by atoms with E-state index in [0.29, 0.717) is 12.5 Å². The van der Waals surface area contributed by atoms with Crippen molar-refractivity contribution in [3.05, 3.63) is 29.3 Å². The first kappa shape index (κ1) is 17.5. The molecule has 1 aromatic rings. The maximum Gasteiger partial charge on any atom is 0.226 e. The first-order valence-corrected chi connectivity index (χ1v) is 10.7. The fourth-order valence-corrected chi connectivity index (χ4v) is 6.78. The summed E-state index contributed by atoms with van der Waals surface area (Å²) in [6.45, 7) is 1.47. The van der Waals surface area contributed by atoms with E-state index in [1.165, 1.54) is 30.4 Å². The van der Waals surface area contributed by atoms with Crippen LogP contribution in [-0.4, -0.2) is 38.1 Å². The van der Waals surface area contributed by atoms with Crippen molar-refractivity contribution in [3.63, 3.8) is 0 Å². The molecule has 27 heavy (non-hydrogen) atoms. The molecule has 4 heteroatoms. The van der Waals surface area contributed by atoms with Gasteiger partial charge < -0.3 is 15.0 Å². The fourth-order valence-electron chi connectivity index (χ4n) is 6.78. The van der Waals surface area contributed by atoms with Gasteiger partial charge in [-0.15, -0.1) is 0 Å². The third-order valence-corrected chi connectivity index (χ3v) is 7.70. The number of ether oxygens (including phenoxy) is 1. The normalized spacial score (nSPS) is 34.4. The summed E-state index contributed by atoms with van der Waals surface area (Å²) in [5.74, 6) is 3.78. The molecule has 1 amide bonds. The molecule has 4 fully saturated rings. The molecule has 5 aliphatic rings. The lowest BCUT2D eigenvalue weighted by atomic mass is 9.49. The van der Waals surface area contributed by atoms with Crippen molar-refractivity contribution in [2.75, 3.05) is 27.2 Å². The minimum Gasteiger partial charge on any atom is -0.493 e. The smallest absolute Gasteiger partial charge is 0.226 e. The maximum absolute atomic E-state index is 13.3. The number of nitrogens with one attached hydrogen (secondary N) is 1. The number of hydrogen-bond donors (Lipinski definition) is 1. The molecule has 6 rings (SSSR count). The van der Waals surface area contributed by atoms with E-state index in [0.717, 1.165) is 55.8 Å². The first-order chi connectivity index (χ1) is 13.0. The number of hydrogen-bond acceptors (Lipinski definition) is 3. The molecular weight excluding hydrogens is 336 g/mol. The van der Waals surface area contributed by atoms with Crippen LogP contribution in [0.2, 0.25) is 0 Å². The van der Waals surface area contributed by atoms with Crippen LogP contribution in [0, 0.1) is 23.2 Å². The highest BCUT2D eigenvalue weighted by atomic mass is 16.5. The van der Waals surface area contributed by atoms with Crippen LogP contribution >= 0.6 is 0 Å². The molecule has 4 nitrogen and oxygen atoms in total. The average molecular weight is 369 g/mol. The molecule has 0 aromatic heterocycles. The zero-order valence-electron chi connectivity index (χ0n) is 16.7. The predicted molar refractivity (Wildman–Crippen MR) is 106 cm³/mol. The van der Waals surface area contributed by atoms with Crippen LogP contribution in [0.4, 0.5) is 0 Å². The highest BCUT2D eigenvalue weighted by Gasteiger charge is 2.54. The third kappa shape index (κ3) is 3.06. The summed E-state index contributed by atoms with van der Waals surface area (Å²) in [5.41, 5.74) is 2.51. The zero-order chi connectivity index (χ0) is 18.6. The lowest BCUT2D eigenvalue weighted by Crippen LogP contribution is -2.54. The molecule has 146 valence electrons. The van der Waals surface area contributed by atoms with Gasteiger partial charge in [0.1, 0.15) is 5.75 Å². The summed E-state index contributed by atoms with van der Waals surface area (Å²) in [6, 6.07) is 6.72. The molecule has 4 bridgehead atoms. The Hall–Kier alpha value is -1.55. The minimum absolute atomic E-state index is 0.0581. The second-order valence-electron chi connectivity index (χ2n) is 9.85. The Balaban J connectivity index is 1.29. The number of carbonyl (C=O) groups is 1. The van der Waals surface area contributed by atoms with E-state index in [9.17, 15) is 4.79 Å². The largest absolute Gasteiger partial charge is 0.493 e. The summed E-state index contributed by atoms with van der Waals surface area (Å²) in [7, 11) is 4.20. The Morgan fingerprint density at radius 1 is 1.19 bits per heavy atom. The highest BCUT2D eigenvalue weighted by molar-refractivity contribution is 5.83. The lowest BCUT2D eigenvalue weighted by molar-refractivity contribution is -0.146. The Morgan fingerprint density at radius 2 is 1.85 bits per heavy atom. The molecule has 1 aliphatic heterocycles. The summed E-state index contributed by atoms with van der Waals surface area (Å²) >= 11 is 0. The van der Waals surface area contributed by atoms with E-state index < -0.39 is 0 Å². The average Bonchev–Trinajstić information content (AvgIpc) is 3.08. The van der Waals surface area contributed by atoms with E-state index in [-0.39, 0.29) is 11.5 Å². The number of nitrogens with zero attached hydrogens (tertiary/aromatic N) is 1. The number of amides is 1. The van der Waals surface area contributed by atoms with E-state index in [1.807, 2.05) is 0 Å². The van der Waals surface area contributed by atoms with E-state index in [2.05, 4.69) is 42.5 Å². The van der Waals surface area contributed by atoms with Gasteiger partial charge in [-0.25, -0.2) is 0 Å². The van der Waals surface area contributed by atoms with Crippen molar-refractivity contribution < 1.29 is 9.53 Å². The summed E-state index contributed by atoms with van der Waals surface area (Å²) in [4.78, 5) is 15.5. The number of fused-ring (bicyclic) bond motifs is 1. The van der Waals surface area contributed by atoms with E-state index >= 15 is 0 Å². The molecule has 0 radical (unpaired) electrons. The molecule has 0 spiro atoms. The summed E-state index contributed by atoms with van der Waals surface area (Å²) < 4.78 is 5.65. The minimum atomic E-state index is -0.0581. The standard InChI is InChI=1S/C23H32N2O2/c1-25(2)20(18-3-4-21-19(10-18)5-6-27-21)14-24-22(26)23-11-15-7-16(12-23)9-17(8-15)13-23/h3-4,10,15-17,20H,5-9,11-14H2,1-2H3,(H,24,26). The van der Waals surface area contributed by atoms with E-state index in [1.54, 1.807) is 0 Å². The molecule has 0 saturated heterocycles. The number of carbonyl (C=O) groups excluding carboxylic acids is 1. The predicted octanol–water partition coefficient (Wildman–Crippen LogP) is 3.56. The van der Waals surface area contributed by atoms with Crippen LogP contribution in [0.5, 0.6) is 5.75 Å².